The van der Waals surface area contributed by atoms with Crippen LogP contribution in [0.2, 0.25) is 5.02 Å². The predicted octanol–water partition coefficient (Wildman–Crippen LogP) is 5.24. The lowest BCUT2D eigenvalue weighted by Gasteiger charge is -2.10. The summed E-state index contributed by atoms with van der Waals surface area (Å²) in [7, 11) is 0. The summed E-state index contributed by atoms with van der Waals surface area (Å²) in [5.74, 6) is -0.458. The van der Waals surface area contributed by atoms with Gasteiger partial charge in [-0.3, -0.25) is 14.2 Å². The molecule has 0 unspecified atom stereocenters. The van der Waals surface area contributed by atoms with Crippen LogP contribution in [0.3, 0.4) is 0 Å². The first-order valence-corrected chi connectivity index (χ1v) is 9.09. The van der Waals surface area contributed by atoms with E-state index >= 15 is 0 Å². The van der Waals surface area contributed by atoms with Crippen LogP contribution in [0.5, 0.6) is 0 Å². The van der Waals surface area contributed by atoms with E-state index in [4.69, 9.17) is 11.6 Å². The highest BCUT2D eigenvalue weighted by molar-refractivity contribution is 6.31. The molecular weight excluding hydrogens is 419 g/mol. The number of hydrogen-bond acceptors (Lipinski definition) is 2. The van der Waals surface area contributed by atoms with Crippen molar-refractivity contribution in [3.05, 3.63) is 93.4 Å². The van der Waals surface area contributed by atoms with E-state index in [0.717, 1.165) is 12.1 Å². The van der Waals surface area contributed by atoms with Gasteiger partial charge in [-0.05, 0) is 54.6 Å². The lowest BCUT2D eigenvalue weighted by molar-refractivity contribution is -0.137. The number of aromatic nitrogens is 2. The smallest absolute Gasteiger partial charge is 0.336 e. The van der Waals surface area contributed by atoms with Crippen LogP contribution in [-0.4, -0.2) is 15.5 Å². The van der Waals surface area contributed by atoms with Crippen molar-refractivity contribution >= 4 is 34.2 Å². The van der Waals surface area contributed by atoms with Gasteiger partial charge in [-0.2, -0.15) is 13.2 Å². The van der Waals surface area contributed by atoms with E-state index in [1.165, 1.54) is 28.8 Å². The molecule has 0 fully saturated rings. The predicted molar refractivity (Wildman–Crippen MR) is 108 cm³/mol. The third-order valence-corrected chi connectivity index (χ3v) is 4.69. The first-order chi connectivity index (χ1) is 14.2. The molecule has 0 radical (unpaired) electrons. The van der Waals surface area contributed by atoms with E-state index in [1.807, 2.05) is 0 Å². The molecule has 4 aromatic rings. The minimum absolute atomic E-state index is 0.177. The summed E-state index contributed by atoms with van der Waals surface area (Å²) < 4.78 is 39.7. The van der Waals surface area contributed by atoms with Crippen molar-refractivity contribution in [2.24, 2.45) is 0 Å². The summed E-state index contributed by atoms with van der Waals surface area (Å²) in [6.07, 6.45) is -4.48. The standard InChI is InChI=1S/C21H13ClF3N3O2/c22-14-2-1-3-15(11-14)26-20(30)17-10-12-4-9-18(29)28(19(12)27-17)16-7-5-13(6-8-16)21(23,24)25/h1-11,27H,(H,26,30). The highest BCUT2D eigenvalue weighted by atomic mass is 35.5. The molecule has 30 heavy (non-hydrogen) atoms. The molecular formula is C21H13ClF3N3O2. The molecule has 0 saturated heterocycles. The van der Waals surface area contributed by atoms with Gasteiger partial charge in [0.1, 0.15) is 11.3 Å². The number of hydrogen-bond donors (Lipinski definition) is 2. The van der Waals surface area contributed by atoms with Gasteiger partial charge in [0.25, 0.3) is 11.5 Å². The molecule has 0 aliphatic heterocycles. The van der Waals surface area contributed by atoms with Crippen molar-refractivity contribution in [1.82, 2.24) is 9.55 Å². The van der Waals surface area contributed by atoms with Crippen LogP contribution in [0.1, 0.15) is 16.1 Å². The van der Waals surface area contributed by atoms with Crippen LogP contribution < -0.4 is 10.9 Å². The van der Waals surface area contributed by atoms with Gasteiger partial charge >= 0.3 is 6.18 Å². The Bertz CT molecular complexity index is 1310. The van der Waals surface area contributed by atoms with Gasteiger partial charge in [0.05, 0.1) is 11.3 Å². The molecule has 152 valence electrons. The Labute approximate surface area is 172 Å². The minimum atomic E-state index is -4.48. The van der Waals surface area contributed by atoms with Crippen molar-refractivity contribution in [3.63, 3.8) is 0 Å². The number of fused-ring (bicyclic) bond motifs is 1. The summed E-state index contributed by atoms with van der Waals surface area (Å²) in [5, 5.41) is 3.70. The van der Waals surface area contributed by atoms with Gasteiger partial charge in [0.2, 0.25) is 0 Å². The fourth-order valence-corrected chi connectivity index (χ4v) is 3.25. The number of pyridine rings is 1. The maximum Gasteiger partial charge on any atom is 0.416 e. The number of nitrogens with zero attached hydrogens (tertiary/aromatic N) is 1. The lowest BCUT2D eigenvalue weighted by atomic mass is 10.2. The Kier molecular flexibility index (Phi) is 4.87. The Morgan fingerprint density at radius 3 is 2.40 bits per heavy atom. The fourth-order valence-electron chi connectivity index (χ4n) is 3.06. The number of benzene rings is 2. The number of aromatic amines is 1. The van der Waals surface area contributed by atoms with E-state index in [9.17, 15) is 22.8 Å². The van der Waals surface area contributed by atoms with Crippen LogP contribution in [-0.2, 0) is 6.18 Å². The van der Waals surface area contributed by atoms with Crippen LogP contribution in [0.15, 0.2) is 71.5 Å². The second kappa shape index (κ2) is 7.38. The number of rotatable bonds is 3. The lowest BCUT2D eigenvalue weighted by Crippen LogP contribution is -2.18. The van der Waals surface area contributed by atoms with Crippen molar-refractivity contribution in [3.8, 4) is 5.69 Å². The quantitative estimate of drug-likeness (QED) is 0.465. The molecule has 2 aromatic carbocycles. The van der Waals surface area contributed by atoms with Crippen LogP contribution in [0.4, 0.5) is 18.9 Å². The van der Waals surface area contributed by atoms with E-state index in [-0.39, 0.29) is 11.4 Å². The topological polar surface area (TPSA) is 66.9 Å². The Morgan fingerprint density at radius 2 is 1.73 bits per heavy atom. The van der Waals surface area contributed by atoms with E-state index in [0.29, 0.717) is 21.7 Å². The van der Waals surface area contributed by atoms with E-state index in [2.05, 4.69) is 10.3 Å². The summed E-state index contributed by atoms with van der Waals surface area (Å²) in [6, 6.07) is 15.2. The van der Waals surface area contributed by atoms with E-state index < -0.39 is 23.2 Å². The molecule has 4 rings (SSSR count). The monoisotopic (exact) mass is 431 g/mol. The largest absolute Gasteiger partial charge is 0.416 e. The van der Waals surface area contributed by atoms with Crippen molar-refractivity contribution in [2.45, 2.75) is 6.18 Å². The van der Waals surface area contributed by atoms with Gasteiger partial charge in [-0.25, -0.2) is 0 Å². The fraction of sp³-hybridized carbons (Fsp3) is 0.0476. The van der Waals surface area contributed by atoms with Crippen molar-refractivity contribution in [2.75, 3.05) is 5.32 Å². The molecule has 1 amide bonds. The summed E-state index contributed by atoms with van der Waals surface area (Å²) in [5.41, 5.74) is -0.0752. The molecule has 0 saturated carbocycles. The Balaban J connectivity index is 1.73. The SMILES string of the molecule is O=C(Nc1cccc(Cl)c1)c1cc2ccc(=O)n(-c3ccc(C(F)(F)F)cc3)c2[nH]1. The average molecular weight is 432 g/mol. The molecule has 9 heteroatoms. The highest BCUT2D eigenvalue weighted by Crippen LogP contribution is 2.30. The third-order valence-electron chi connectivity index (χ3n) is 4.46. The van der Waals surface area contributed by atoms with Crippen LogP contribution >= 0.6 is 11.6 Å². The molecule has 5 nitrogen and oxygen atoms in total. The molecule has 0 atom stereocenters. The second-order valence-electron chi connectivity index (χ2n) is 6.50. The Morgan fingerprint density at radius 1 is 1.00 bits per heavy atom. The van der Waals surface area contributed by atoms with Crippen LogP contribution in [0, 0.1) is 0 Å². The van der Waals surface area contributed by atoms with Gasteiger partial charge in [0, 0.05) is 22.2 Å². The molecule has 2 heterocycles. The molecule has 0 spiro atoms. The maximum atomic E-state index is 12.8. The number of H-pyrrole nitrogens is 1. The molecule has 0 aliphatic carbocycles. The average Bonchev–Trinajstić information content (AvgIpc) is 3.12. The zero-order chi connectivity index (χ0) is 21.5. The number of halogens is 4. The number of anilines is 1. The van der Waals surface area contributed by atoms with Crippen LogP contribution in [0.25, 0.3) is 16.7 Å². The summed E-state index contributed by atoms with van der Waals surface area (Å²) in [4.78, 5) is 27.9. The van der Waals surface area contributed by atoms with E-state index in [1.54, 1.807) is 30.3 Å². The first kappa shape index (κ1) is 19.8. The van der Waals surface area contributed by atoms with Gasteiger partial charge in [0.15, 0.2) is 0 Å². The van der Waals surface area contributed by atoms with Gasteiger partial charge in [-0.1, -0.05) is 17.7 Å². The zero-order valence-corrected chi connectivity index (χ0v) is 15.9. The molecule has 0 aliphatic rings. The highest BCUT2D eigenvalue weighted by Gasteiger charge is 2.30. The molecule has 2 aromatic heterocycles. The number of alkyl halides is 3. The van der Waals surface area contributed by atoms with Crippen molar-refractivity contribution < 1.29 is 18.0 Å². The second-order valence-corrected chi connectivity index (χ2v) is 6.94. The number of nitrogens with one attached hydrogen (secondary N) is 2. The number of carbonyl (C=O) groups is 1. The number of amides is 1. The number of carbonyl (C=O) groups excluding carboxylic acids is 1. The molecule has 0 bridgehead atoms. The van der Waals surface area contributed by atoms with Gasteiger partial charge < -0.3 is 10.3 Å². The third kappa shape index (κ3) is 3.81. The maximum absolute atomic E-state index is 12.8. The Hall–Kier alpha value is -3.52. The normalized spacial score (nSPS) is 11.6. The zero-order valence-electron chi connectivity index (χ0n) is 15.1. The summed E-state index contributed by atoms with van der Waals surface area (Å²) >= 11 is 5.92. The first-order valence-electron chi connectivity index (χ1n) is 8.72. The molecule has 2 N–H and O–H groups in total. The minimum Gasteiger partial charge on any atom is -0.336 e. The summed E-state index contributed by atoms with van der Waals surface area (Å²) in [6.45, 7) is 0. The van der Waals surface area contributed by atoms with Gasteiger partial charge in [-0.15, -0.1) is 0 Å². The van der Waals surface area contributed by atoms with Crippen molar-refractivity contribution in [1.29, 1.82) is 0 Å².